The van der Waals surface area contributed by atoms with E-state index in [1.54, 1.807) is 24.3 Å². The molecule has 0 aliphatic heterocycles. The number of nitriles is 1. The van der Waals surface area contributed by atoms with Crippen molar-refractivity contribution in [2.45, 2.75) is 6.54 Å². The summed E-state index contributed by atoms with van der Waals surface area (Å²) in [6, 6.07) is 9.34. The fraction of sp³-hybridized carbons (Fsp3) is 0.0833. The average molecular weight is 256 g/mol. The third-order valence-electron chi connectivity index (χ3n) is 2.46. The minimum absolute atomic E-state index is 0.0836. The molecule has 2 aromatic rings. The predicted molar refractivity (Wildman–Crippen MR) is 64.4 cm³/mol. The summed E-state index contributed by atoms with van der Waals surface area (Å²) >= 11 is 0. The zero-order valence-electron chi connectivity index (χ0n) is 9.68. The molecule has 1 aromatic carbocycles. The van der Waals surface area contributed by atoms with Crippen molar-refractivity contribution in [3.63, 3.8) is 0 Å². The Balaban J connectivity index is 2.11. The third-order valence-corrected chi connectivity index (χ3v) is 2.46. The van der Waals surface area contributed by atoms with Crippen LogP contribution >= 0.6 is 0 Å². The maximum absolute atomic E-state index is 11.9. The molecular formula is C12H8N4O3. The minimum atomic E-state index is -0.622. The second-order valence-electron chi connectivity index (χ2n) is 3.74. The number of aromatic nitrogens is 2. The first-order chi connectivity index (χ1) is 9.10. The van der Waals surface area contributed by atoms with Gasteiger partial charge in [0, 0.05) is 5.56 Å². The Labute approximate surface area is 107 Å². The number of hydrogen-bond donors (Lipinski definition) is 0. The summed E-state index contributed by atoms with van der Waals surface area (Å²) in [7, 11) is 0. The zero-order valence-corrected chi connectivity index (χ0v) is 9.68. The van der Waals surface area contributed by atoms with E-state index < -0.39 is 4.92 Å². The Morgan fingerprint density at radius 2 is 2.05 bits per heavy atom. The molecule has 0 fully saturated rings. The number of benzene rings is 1. The van der Waals surface area contributed by atoms with Gasteiger partial charge in [-0.15, -0.1) is 0 Å². The SMILES string of the molecule is N#Cc1ccc(C(=O)Cn2ccc([N+](=O)[O-])n2)cc1. The van der Waals surface area contributed by atoms with Crippen molar-refractivity contribution >= 4 is 11.6 Å². The largest absolute Gasteiger partial charge is 0.389 e. The standard InChI is InChI=1S/C12H8N4O3/c13-7-9-1-3-10(4-2-9)11(17)8-15-6-5-12(14-15)16(18)19/h1-6H,8H2. The van der Waals surface area contributed by atoms with Crippen molar-refractivity contribution in [1.29, 1.82) is 5.26 Å². The number of rotatable bonds is 4. The van der Waals surface area contributed by atoms with E-state index in [1.807, 2.05) is 6.07 Å². The van der Waals surface area contributed by atoms with Crippen LogP contribution in [0.15, 0.2) is 36.5 Å². The van der Waals surface area contributed by atoms with Crippen molar-refractivity contribution in [3.8, 4) is 6.07 Å². The zero-order chi connectivity index (χ0) is 13.8. The van der Waals surface area contributed by atoms with Gasteiger partial charge in [0.05, 0.1) is 29.0 Å². The lowest BCUT2D eigenvalue weighted by Crippen LogP contribution is -2.11. The van der Waals surface area contributed by atoms with Crippen LogP contribution in [0.5, 0.6) is 0 Å². The van der Waals surface area contributed by atoms with Crippen LogP contribution in [0.3, 0.4) is 0 Å². The van der Waals surface area contributed by atoms with Gasteiger partial charge in [0.15, 0.2) is 5.78 Å². The smallest absolute Gasteiger partial charge is 0.358 e. The lowest BCUT2D eigenvalue weighted by Gasteiger charge is -1.98. The van der Waals surface area contributed by atoms with E-state index in [9.17, 15) is 14.9 Å². The summed E-state index contributed by atoms with van der Waals surface area (Å²) in [5.74, 6) is -0.532. The van der Waals surface area contributed by atoms with Gasteiger partial charge >= 0.3 is 5.82 Å². The van der Waals surface area contributed by atoms with E-state index in [2.05, 4.69) is 5.10 Å². The van der Waals surface area contributed by atoms with E-state index in [0.29, 0.717) is 11.1 Å². The molecular weight excluding hydrogens is 248 g/mol. The van der Waals surface area contributed by atoms with Gasteiger partial charge in [-0.05, 0) is 17.1 Å². The topological polar surface area (TPSA) is 102 Å². The molecule has 0 N–H and O–H groups in total. The van der Waals surface area contributed by atoms with Crippen molar-refractivity contribution < 1.29 is 9.72 Å². The summed E-state index contributed by atoms with van der Waals surface area (Å²) < 4.78 is 1.21. The van der Waals surface area contributed by atoms with Gasteiger partial charge in [-0.2, -0.15) is 9.94 Å². The highest BCUT2D eigenvalue weighted by Gasteiger charge is 2.14. The molecule has 0 atom stereocenters. The molecule has 0 aliphatic rings. The maximum Gasteiger partial charge on any atom is 0.389 e. The fourth-order valence-corrected chi connectivity index (χ4v) is 1.51. The lowest BCUT2D eigenvalue weighted by atomic mass is 10.1. The van der Waals surface area contributed by atoms with Crippen molar-refractivity contribution in [3.05, 3.63) is 57.8 Å². The van der Waals surface area contributed by atoms with Gasteiger partial charge in [0.1, 0.15) is 6.54 Å². The Hall–Kier alpha value is -3.01. The molecule has 19 heavy (non-hydrogen) atoms. The molecule has 0 saturated heterocycles. The molecule has 94 valence electrons. The summed E-state index contributed by atoms with van der Waals surface area (Å²) in [6.07, 6.45) is 1.37. The van der Waals surface area contributed by atoms with Gasteiger partial charge in [0.25, 0.3) is 0 Å². The first kappa shape index (κ1) is 12.4. The summed E-state index contributed by atoms with van der Waals surface area (Å²) in [5, 5.41) is 22.8. The van der Waals surface area contributed by atoms with E-state index in [0.717, 1.165) is 0 Å². The van der Waals surface area contributed by atoms with E-state index in [1.165, 1.54) is 16.9 Å². The second kappa shape index (κ2) is 5.10. The van der Waals surface area contributed by atoms with Gasteiger partial charge in [-0.3, -0.25) is 4.79 Å². The molecule has 7 nitrogen and oxygen atoms in total. The average Bonchev–Trinajstić information content (AvgIpc) is 2.87. The molecule has 0 aliphatic carbocycles. The van der Waals surface area contributed by atoms with Crippen LogP contribution in [0.2, 0.25) is 0 Å². The normalized spacial score (nSPS) is 9.84. The van der Waals surface area contributed by atoms with E-state index in [4.69, 9.17) is 5.26 Å². The lowest BCUT2D eigenvalue weighted by molar-refractivity contribution is -0.389. The van der Waals surface area contributed by atoms with Crippen LogP contribution in [-0.4, -0.2) is 20.5 Å². The van der Waals surface area contributed by atoms with Crippen molar-refractivity contribution in [2.75, 3.05) is 0 Å². The number of Topliss-reactive ketones (excluding diaryl/α,β-unsaturated/α-hetero) is 1. The van der Waals surface area contributed by atoms with Crippen LogP contribution in [0.4, 0.5) is 5.82 Å². The van der Waals surface area contributed by atoms with Crippen LogP contribution in [0.1, 0.15) is 15.9 Å². The Bertz CT molecular complexity index is 667. The number of hydrogen-bond acceptors (Lipinski definition) is 5. The molecule has 0 spiro atoms. The van der Waals surface area contributed by atoms with Crippen LogP contribution in [0, 0.1) is 21.4 Å². The number of nitrogens with zero attached hydrogens (tertiary/aromatic N) is 4. The van der Waals surface area contributed by atoms with Crippen LogP contribution in [-0.2, 0) is 6.54 Å². The molecule has 1 aromatic heterocycles. The number of carbonyl (C=O) groups excluding carboxylic acids is 1. The first-order valence-corrected chi connectivity index (χ1v) is 5.31. The number of carbonyl (C=O) groups is 1. The van der Waals surface area contributed by atoms with Gasteiger partial charge < -0.3 is 10.1 Å². The third kappa shape index (κ3) is 2.81. The first-order valence-electron chi connectivity index (χ1n) is 5.31. The summed E-state index contributed by atoms with van der Waals surface area (Å²) in [4.78, 5) is 21.7. The predicted octanol–water partition coefficient (Wildman–Crippen LogP) is 1.55. The highest BCUT2D eigenvalue weighted by atomic mass is 16.6. The monoisotopic (exact) mass is 256 g/mol. The second-order valence-corrected chi connectivity index (χ2v) is 3.74. The Morgan fingerprint density at radius 3 is 2.58 bits per heavy atom. The van der Waals surface area contributed by atoms with E-state index in [-0.39, 0.29) is 18.1 Å². The molecule has 1 heterocycles. The van der Waals surface area contributed by atoms with Crippen molar-refractivity contribution in [1.82, 2.24) is 9.78 Å². The van der Waals surface area contributed by atoms with Gasteiger partial charge in [-0.1, -0.05) is 12.1 Å². The molecule has 2 rings (SSSR count). The van der Waals surface area contributed by atoms with Crippen LogP contribution < -0.4 is 0 Å². The van der Waals surface area contributed by atoms with E-state index >= 15 is 0 Å². The highest BCUT2D eigenvalue weighted by molar-refractivity contribution is 5.95. The van der Waals surface area contributed by atoms with Gasteiger partial charge in [-0.25, -0.2) is 0 Å². The summed E-state index contributed by atoms with van der Waals surface area (Å²) in [5.41, 5.74) is 0.892. The fourth-order valence-electron chi connectivity index (χ4n) is 1.51. The highest BCUT2D eigenvalue weighted by Crippen LogP contribution is 2.08. The quantitative estimate of drug-likeness (QED) is 0.469. The molecule has 0 bridgehead atoms. The van der Waals surface area contributed by atoms with Crippen molar-refractivity contribution in [2.24, 2.45) is 0 Å². The number of ketones is 1. The molecule has 7 heteroatoms. The summed E-state index contributed by atoms with van der Waals surface area (Å²) in [6.45, 7) is -0.0836. The number of nitro groups is 1. The van der Waals surface area contributed by atoms with Gasteiger partial charge in [0.2, 0.25) is 0 Å². The Morgan fingerprint density at radius 1 is 1.37 bits per heavy atom. The molecule has 0 saturated carbocycles. The molecule has 0 radical (unpaired) electrons. The molecule has 0 unspecified atom stereocenters. The Kier molecular flexibility index (Phi) is 3.34. The maximum atomic E-state index is 11.9. The minimum Gasteiger partial charge on any atom is -0.358 e. The molecule has 0 amide bonds. The van der Waals surface area contributed by atoms with Crippen LogP contribution in [0.25, 0.3) is 0 Å².